The average Bonchev–Trinajstić information content (AvgIpc) is 4.47. The number of hydrogen-bond donors (Lipinski definition) is 2. The van der Waals surface area contributed by atoms with Gasteiger partial charge in [0, 0.05) is 81.5 Å². The number of nitrogens with zero attached hydrogens (tertiary/aromatic N) is 4. The number of aromatic nitrogens is 5. The van der Waals surface area contributed by atoms with Gasteiger partial charge in [0.1, 0.15) is 23.3 Å². The Kier molecular flexibility index (Phi) is 24.9. The Hall–Kier alpha value is -9.64. The zero-order chi connectivity index (χ0) is 61.5. The number of nitrogens with one attached hydrogen (secondary N) is 1. The van der Waals surface area contributed by atoms with Crippen LogP contribution in [0.3, 0.4) is 0 Å². The normalized spacial score (nSPS) is 10.2. The van der Waals surface area contributed by atoms with Gasteiger partial charge in [0.25, 0.3) is 0 Å². The molecule has 0 bridgehead atoms. The Labute approximate surface area is 493 Å². The van der Waals surface area contributed by atoms with Gasteiger partial charge < -0.3 is 33.1 Å². The molecule has 9 aromatic rings. The molecule has 2 N–H and O–H groups in total. The molecule has 0 spiro atoms. The molecule has 84 heavy (non-hydrogen) atoms. The van der Waals surface area contributed by atoms with Crippen molar-refractivity contribution >= 4 is 75.0 Å². The predicted molar refractivity (Wildman–Crippen MR) is 311 cm³/mol. The molecule has 0 saturated carbocycles. The second kappa shape index (κ2) is 32.1. The van der Waals surface area contributed by atoms with E-state index >= 15 is 0 Å². The number of carbonyl (C=O) groups excluding carboxylic acids is 8. The number of benzene rings is 4. The first-order valence-electron chi connectivity index (χ1n) is 25.4. The minimum atomic E-state index is -1.63. The highest BCUT2D eigenvalue weighted by Gasteiger charge is 2.22. The van der Waals surface area contributed by atoms with Crippen LogP contribution in [0.15, 0.2) is 183 Å². The molecule has 0 aliphatic rings. The van der Waals surface area contributed by atoms with Crippen molar-refractivity contribution in [3.8, 4) is 0 Å². The van der Waals surface area contributed by atoms with Crippen LogP contribution < -0.4 is 0 Å². The van der Waals surface area contributed by atoms with Crippen molar-refractivity contribution in [3.63, 3.8) is 0 Å². The number of halogens is 5. The Balaban J connectivity index is 0.000000197. The molecule has 0 radical (unpaired) electrons. The lowest BCUT2D eigenvalue weighted by Gasteiger charge is -2.08. The number of hydrogen-bond acceptors (Lipinski definition) is 10. The van der Waals surface area contributed by atoms with Crippen LogP contribution in [0.25, 0.3) is 0 Å². The molecule has 16 nitrogen and oxygen atoms in total. The molecule has 0 unspecified atom stereocenters. The standard InChI is InChI=1S/C16H14FNO4.C15H12FNO4.C13H11FINO.C13H12FNO.C6H7NO/c1-22-16(21)15(20)9-14(19)13-3-2-8-18(13)10-11-4-6-12(17)7-5-11;16-11-5-3-10(4-6-11)9-17-7-1-2-12(17)13(18)8-14(19)15(20)21;1-9(17)13-6-12(15)8-16(13)7-10-2-4-11(14)5-3-10;1-10(16)13-3-2-8-15(13)9-11-4-6-12(14)7-5-11;1-5(8)6-3-2-4-7-6/h2-8H,9-10H2,1H3;1-7H,8-9H2,(H,20,21);2-6,8H,7H2,1H3;2-8H,9H2,1H3;2-4,7H,1H3. The molecular formula is C63H56F4IN5O11. The summed E-state index contributed by atoms with van der Waals surface area (Å²) < 4.78 is 63.5. The minimum absolute atomic E-state index is 0.0344. The predicted octanol–water partition coefficient (Wildman–Crippen LogP) is 11.5. The number of ketones is 7. The van der Waals surface area contributed by atoms with Gasteiger partial charge in [-0.1, -0.05) is 48.5 Å². The van der Waals surface area contributed by atoms with E-state index in [0.717, 1.165) is 32.9 Å². The van der Waals surface area contributed by atoms with Crippen molar-refractivity contribution < 1.29 is 70.6 Å². The smallest absolute Gasteiger partial charge is 0.374 e. The number of carboxylic acid groups (broad SMARTS) is 1. The van der Waals surface area contributed by atoms with E-state index in [4.69, 9.17) is 5.11 Å². The zero-order valence-corrected chi connectivity index (χ0v) is 47.9. The van der Waals surface area contributed by atoms with Crippen LogP contribution in [0.1, 0.15) is 108 Å². The van der Waals surface area contributed by atoms with Crippen molar-refractivity contribution in [2.45, 2.75) is 59.8 Å². The van der Waals surface area contributed by atoms with Crippen LogP contribution in [-0.4, -0.2) is 87.9 Å². The number of esters is 1. The van der Waals surface area contributed by atoms with Gasteiger partial charge in [-0.05, 0) is 148 Å². The van der Waals surface area contributed by atoms with Crippen LogP contribution in [0.5, 0.6) is 0 Å². The summed E-state index contributed by atoms with van der Waals surface area (Å²) in [5, 5.41) is 8.51. The van der Waals surface area contributed by atoms with Crippen LogP contribution in [0.2, 0.25) is 0 Å². The average molecular weight is 1260 g/mol. The van der Waals surface area contributed by atoms with Crippen LogP contribution in [0, 0.1) is 26.8 Å². The van der Waals surface area contributed by atoms with Gasteiger partial charge in [-0.2, -0.15) is 0 Å². The lowest BCUT2D eigenvalue weighted by Crippen LogP contribution is -2.20. The highest BCUT2D eigenvalue weighted by molar-refractivity contribution is 14.1. The number of Topliss-reactive ketones (excluding diaryl/α,β-unsaturated/α-hetero) is 7. The first-order chi connectivity index (χ1) is 40.0. The maximum atomic E-state index is 12.9. The highest BCUT2D eigenvalue weighted by Crippen LogP contribution is 2.17. The van der Waals surface area contributed by atoms with E-state index in [2.05, 4.69) is 32.3 Å². The first kappa shape index (κ1) is 65.2. The molecule has 0 amide bonds. The summed E-state index contributed by atoms with van der Waals surface area (Å²) >= 11 is 2.17. The quantitative estimate of drug-likeness (QED) is 0.0194. The summed E-state index contributed by atoms with van der Waals surface area (Å²) in [6, 6.07) is 39.7. The Morgan fingerprint density at radius 2 is 0.821 bits per heavy atom. The lowest BCUT2D eigenvalue weighted by molar-refractivity contribution is -0.151. The van der Waals surface area contributed by atoms with Gasteiger partial charge in [0.15, 0.2) is 28.9 Å². The number of ether oxygens (including phenoxy) is 1. The monoisotopic (exact) mass is 1260 g/mol. The van der Waals surface area contributed by atoms with E-state index in [1.165, 1.54) is 68.4 Å². The van der Waals surface area contributed by atoms with Crippen molar-refractivity contribution in [3.05, 3.63) is 260 Å². The third-order valence-electron chi connectivity index (χ3n) is 12.0. The number of aliphatic carboxylic acids is 1. The molecular weight excluding hydrogens is 1210 g/mol. The van der Waals surface area contributed by atoms with Gasteiger partial charge >= 0.3 is 11.9 Å². The Bertz CT molecular complexity index is 3710. The topological polar surface area (TPSA) is 219 Å². The van der Waals surface area contributed by atoms with E-state index in [-0.39, 0.29) is 46.3 Å². The summed E-state index contributed by atoms with van der Waals surface area (Å²) in [5.74, 6) is -6.76. The number of carbonyl (C=O) groups is 9. The van der Waals surface area contributed by atoms with Gasteiger partial charge in [-0.3, -0.25) is 33.6 Å². The molecule has 0 saturated heterocycles. The first-order valence-corrected chi connectivity index (χ1v) is 26.5. The zero-order valence-electron chi connectivity index (χ0n) is 45.8. The number of H-pyrrole nitrogens is 1. The molecule has 5 heterocycles. The van der Waals surface area contributed by atoms with E-state index in [9.17, 15) is 60.7 Å². The lowest BCUT2D eigenvalue weighted by atomic mass is 10.1. The second-order valence-electron chi connectivity index (χ2n) is 18.3. The SMILES string of the molecule is CC(=O)c1cc(I)cn1Cc1ccc(F)cc1.CC(=O)c1ccc[nH]1.CC(=O)c1cccn1Cc1ccc(F)cc1.COC(=O)C(=O)CC(=O)c1cccn1Cc1ccc(F)cc1.O=C(O)C(=O)CC(=O)c1cccn1Cc1ccc(F)cc1. The van der Waals surface area contributed by atoms with Gasteiger partial charge in [-0.25, -0.2) is 27.2 Å². The number of rotatable bonds is 19. The maximum absolute atomic E-state index is 12.9. The van der Waals surface area contributed by atoms with Crippen molar-refractivity contribution in [1.82, 2.24) is 23.3 Å². The fraction of sp³-hybridized carbons (Fsp3) is 0.159. The summed E-state index contributed by atoms with van der Waals surface area (Å²) in [6.45, 7) is 6.48. The molecule has 21 heteroatoms. The molecule has 9 rings (SSSR count). The molecule has 0 fully saturated rings. The van der Waals surface area contributed by atoms with Crippen molar-refractivity contribution in [1.29, 1.82) is 0 Å². The minimum Gasteiger partial charge on any atom is -0.475 e. The third-order valence-corrected chi connectivity index (χ3v) is 12.6. The number of methoxy groups -OCH3 is 1. The van der Waals surface area contributed by atoms with Crippen molar-refractivity contribution in [2.75, 3.05) is 7.11 Å². The van der Waals surface area contributed by atoms with Crippen molar-refractivity contribution in [2.24, 2.45) is 0 Å². The number of aromatic amines is 1. The fourth-order valence-electron chi connectivity index (χ4n) is 7.82. The van der Waals surface area contributed by atoms with E-state index < -0.39 is 47.9 Å². The maximum Gasteiger partial charge on any atom is 0.374 e. The van der Waals surface area contributed by atoms with Gasteiger partial charge in [0.05, 0.1) is 48.4 Å². The van der Waals surface area contributed by atoms with Gasteiger partial charge in [0.2, 0.25) is 11.6 Å². The highest BCUT2D eigenvalue weighted by atomic mass is 127. The van der Waals surface area contributed by atoms with Crippen LogP contribution in [-0.2, 0) is 50.1 Å². The summed E-state index contributed by atoms with van der Waals surface area (Å²) in [5.41, 5.74) is 6.11. The number of carboxylic acids is 1. The third kappa shape index (κ3) is 20.7. The summed E-state index contributed by atoms with van der Waals surface area (Å²) in [7, 11) is 1.09. The van der Waals surface area contributed by atoms with Crippen LogP contribution in [0.4, 0.5) is 17.6 Å². The van der Waals surface area contributed by atoms with E-state index in [1.54, 1.807) is 120 Å². The van der Waals surface area contributed by atoms with Gasteiger partial charge in [-0.15, -0.1) is 0 Å². The molecule has 0 atom stereocenters. The molecule has 0 aliphatic heterocycles. The molecule has 5 aromatic heterocycles. The Morgan fingerprint density at radius 3 is 1.14 bits per heavy atom. The van der Waals surface area contributed by atoms with Crippen LogP contribution >= 0.6 is 22.6 Å². The summed E-state index contributed by atoms with van der Waals surface area (Å²) in [6.07, 6.45) is 7.60. The molecule has 0 aliphatic carbocycles. The largest absolute Gasteiger partial charge is 0.475 e. The van der Waals surface area contributed by atoms with E-state index in [0.29, 0.717) is 49.0 Å². The fourth-order valence-corrected chi connectivity index (χ4v) is 8.45. The summed E-state index contributed by atoms with van der Waals surface area (Å²) in [4.78, 5) is 104. The van der Waals surface area contributed by atoms with E-state index in [1.807, 2.05) is 33.7 Å². The molecule has 4 aromatic carbocycles. The Morgan fingerprint density at radius 1 is 0.464 bits per heavy atom. The second-order valence-corrected chi connectivity index (χ2v) is 19.6. The molecule has 434 valence electrons.